The van der Waals surface area contributed by atoms with E-state index in [9.17, 15) is 9.59 Å². The summed E-state index contributed by atoms with van der Waals surface area (Å²) in [6.07, 6.45) is 7.85. The lowest BCUT2D eigenvalue weighted by Gasteiger charge is -2.11. The van der Waals surface area contributed by atoms with Crippen LogP contribution >= 0.6 is 0 Å². The van der Waals surface area contributed by atoms with Gasteiger partial charge >= 0.3 is 0 Å². The van der Waals surface area contributed by atoms with Gasteiger partial charge in [0.15, 0.2) is 5.78 Å². The van der Waals surface area contributed by atoms with Gasteiger partial charge in [-0.1, -0.05) is 26.5 Å². The minimum atomic E-state index is 0.0626. The van der Waals surface area contributed by atoms with Crippen LogP contribution in [0.2, 0.25) is 0 Å². The standard InChI is InChI=1S/C25H32N2O2/c1-17(2)26-14-5-6-15-27-23-13-11-20(19(4)28)16-22(23)25-18(3)10-12-21(29)8-7-9-24(25)27/h7,9,11,13,16-17,26H,3,5-6,8,10,12,14-15H2,1-2,4H3/b9-7-. The van der Waals surface area contributed by atoms with Crippen LogP contribution in [-0.2, 0) is 11.3 Å². The molecule has 4 nitrogen and oxygen atoms in total. The van der Waals surface area contributed by atoms with Crippen LogP contribution < -0.4 is 5.32 Å². The molecule has 0 fully saturated rings. The van der Waals surface area contributed by atoms with Crippen LogP contribution in [0.4, 0.5) is 0 Å². The summed E-state index contributed by atoms with van der Waals surface area (Å²) in [7, 11) is 0. The van der Waals surface area contributed by atoms with E-state index in [-0.39, 0.29) is 11.6 Å². The third-order valence-electron chi connectivity index (χ3n) is 5.55. The van der Waals surface area contributed by atoms with E-state index in [0.29, 0.717) is 30.9 Å². The number of nitrogens with zero attached hydrogens (tertiary/aromatic N) is 1. The molecule has 4 heteroatoms. The van der Waals surface area contributed by atoms with E-state index in [1.54, 1.807) is 6.92 Å². The summed E-state index contributed by atoms with van der Waals surface area (Å²) >= 11 is 0. The SMILES string of the molecule is C=C1CCC(=O)C/C=C\c2c1c1cc(C(C)=O)ccc1n2CCCCNC(C)C. The topological polar surface area (TPSA) is 51.1 Å². The van der Waals surface area contributed by atoms with Crippen molar-refractivity contribution in [3.63, 3.8) is 0 Å². The van der Waals surface area contributed by atoms with E-state index in [4.69, 9.17) is 0 Å². The van der Waals surface area contributed by atoms with Gasteiger partial charge in [-0.15, -0.1) is 0 Å². The number of carbonyl (C=O) groups is 2. The summed E-state index contributed by atoms with van der Waals surface area (Å²) in [6.45, 7) is 12.1. The molecule has 1 aliphatic rings. The van der Waals surface area contributed by atoms with E-state index in [1.807, 2.05) is 18.2 Å². The van der Waals surface area contributed by atoms with Gasteiger partial charge < -0.3 is 9.88 Å². The molecule has 1 heterocycles. The van der Waals surface area contributed by atoms with Crippen molar-refractivity contribution in [2.45, 2.75) is 65.5 Å². The number of carbonyl (C=O) groups excluding carboxylic acids is 2. The highest BCUT2D eigenvalue weighted by atomic mass is 16.1. The second kappa shape index (κ2) is 9.36. The van der Waals surface area contributed by atoms with Gasteiger partial charge in [-0.3, -0.25) is 9.59 Å². The largest absolute Gasteiger partial charge is 0.340 e. The molecule has 1 aromatic carbocycles. The molecule has 3 rings (SSSR count). The normalized spacial score (nSPS) is 15.9. The average Bonchev–Trinajstić information content (AvgIpc) is 3.00. The molecule has 1 N–H and O–H groups in total. The minimum Gasteiger partial charge on any atom is -0.340 e. The number of hydrogen-bond acceptors (Lipinski definition) is 3. The summed E-state index contributed by atoms with van der Waals surface area (Å²) in [5.41, 5.74) is 5.03. The zero-order valence-electron chi connectivity index (χ0n) is 17.9. The molecule has 0 amide bonds. The van der Waals surface area contributed by atoms with Crippen LogP contribution in [-0.4, -0.2) is 28.7 Å². The average molecular weight is 393 g/mol. The number of Topliss-reactive ketones (excluding diaryl/α,β-unsaturated/α-hetero) is 2. The smallest absolute Gasteiger partial charge is 0.159 e. The molecule has 2 aromatic rings. The lowest BCUT2D eigenvalue weighted by molar-refractivity contribution is -0.118. The number of rotatable bonds is 7. The number of fused-ring (bicyclic) bond motifs is 3. The van der Waals surface area contributed by atoms with Crippen molar-refractivity contribution in [2.75, 3.05) is 6.54 Å². The van der Waals surface area contributed by atoms with Crippen LogP contribution in [0.25, 0.3) is 22.6 Å². The minimum absolute atomic E-state index is 0.0626. The predicted molar refractivity (Wildman–Crippen MR) is 121 cm³/mol. The molecule has 0 bridgehead atoms. The van der Waals surface area contributed by atoms with Crippen molar-refractivity contribution in [2.24, 2.45) is 0 Å². The second-order valence-electron chi connectivity index (χ2n) is 8.26. The van der Waals surface area contributed by atoms with Crippen LogP contribution in [0.15, 0.2) is 30.9 Å². The van der Waals surface area contributed by atoms with Crippen LogP contribution in [0.3, 0.4) is 0 Å². The molecule has 0 unspecified atom stereocenters. The Bertz CT molecular complexity index is 963. The number of unbranched alkanes of at least 4 members (excludes halogenated alkanes) is 1. The molecule has 1 aliphatic carbocycles. The van der Waals surface area contributed by atoms with Crippen LogP contribution in [0, 0.1) is 0 Å². The second-order valence-corrected chi connectivity index (χ2v) is 8.26. The van der Waals surface area contributed by atoms with Gasteiger partial charge in [0.25, 0.3) is 0 Å². The van der Waals surface area contributed by atoms with E-state index in [2.05, 4.69) is 42.5 Å². The fourth-order valence-electron chi connectivity index (χ4n) is 3.98. The zero-order valence-corrected chi connectivity index (χ0v) is 17.9. The van der Waals surface area contributed by atoms with E-state index < -0.39 is 0 Å². The molecule has 0 saturated heterocycles. The maximum atomic E-state index is 12.0. The van der Waals surface area contributed by atoms with Crippen molar-refractivity contribution in [3.05, 3.63) is 47.7 Å². The number of benzene rings is 1. The van der Waals surface area contributed by atoms with Crippen molar-refractivity contribution in [1.29, 1.82) is 0 Å². The third kappa shape index (κ3) is 4.94. The Morgan fingerprint density at radius 1 is 1.24 bits per heavy atom. The van der Waals surface area contributed by atoms with Gasteiger partial charge in [-0.25, -0.2) is 0 Å². The number of allylic oxidation sites excluding steroid dienone is 2. The maximum absolute atomic E-state index is 12.0. The monoisotopic (exact) mass is 392 g/mol. The lowest BCUT2D eigenvalue weighted by Crippen LogP contribution is -2.23. The molecule has 1 aromatic heterocycles. The first-order chi connectivity index (χ1) is 13.9. The van der Waals surface area contributed by atoms with Gasteiger partial charge in [-0.2, -0.15) is 0 Å². The number of nitrogens with one attached hydrogen (secondary N) is 1. The quantitative estimate of drug-likeness (QED) is 0.507. The summed E-state index contributed by atoms with van der Waals surface area (Å²) in [5.74, 6) is 0.306. The predicted octanol–water partition coefficient (Wildman–Crippen LogP) is 5.40. The highest BCUT2D eigenvalue weighted by Crippen LogP contribution is 2.36. The molecule has 154 valence electrons. The fourth-order valence-corrected chi connectivity index (χ4v) is 3.98. The van der Waals surface area contributed by atoms with Crippen molar-refractivity contribution >= 4 is 34.1 Å². The first-order valence-electron chi connectivity index (χ1n) is 10.7. The molecule has 0 saturated carbocycles. The van der Waals surface area contributed by atoms with Gasteiger partial charge in [0.2, 0.25) is 0 Å². The van der Waals surface area contributed by atoms with Gasteiger partial charge in [-0.05, 0) is 62.6 Å². The number of aromatic nitrogens is 1. The number of ketones is 2. The molecule has 0 aliphatic heterocycles. The molecular weight excluding hydrogens is 360 g/mol. The van der Waals surface area contributed by atoms with Crippen LogP contribution in [0.1, 0.15) is 74.5 Å². The highest BCUT2D eigenvalue weighted by molar-refractivity contribution is 6.03. The lowest BCUT2D eigenvalue weighted by atomic mass is 9.97. The Labute approximate surface area is 173 Å². The van der Waals surface area contributed by atoms with E-state index >= 15 is 0 Å². The van der Waals surface area contributed by atoms with Gasteiger partial charge in [0.1, 0.15) is 5.78 Å². The Kier molecular flexibility index (Phi) is 6.86. The third-order valence-corrected chi connectivity index (χ3v) is 5.55. The van der Waals surface area contributed by atoms with Crippen molar-refractivity contribution in [1.82, 2.24) is 9.88 Å². The first-order valence-corrected chi connectivity index (χ1v) is 10.7. The van der Waals surface area contributed by atoms with E-state index in [1.165, 1.54) is 0 Å². The summed E-state index contributed by atoms with van der Waals surface area (Å²) < 4.78 is 2.33. The van der Waals surface area contributed by atoms with Crippen molar-refractivity contribution in [3.8, 4) is 0 Å². The Morgan fingerprint density at radius 3 is 2.76 bits per heavy atom. The zero-order chi connectivity index (χ0) is 21.0. The highest BCUT2D eigenvalue weighted by Gasteiger charge is 2.20. The summed E-state index contributed by atoms with van der Waals surface area (Å²) in [6, 6.07) is 6.46. The summed E-state index contributed by atoms with van der Waals surface area (Å²) in [5, 5.41) is 4.54. The van der Waals surface area contributed by atoms with E-state index in [0.717, 1.165) is 53.7 Å². The first kappa shape index (κ1) is 21.3. The number of aryl methyl sites for hydroxylation is 1. The molecule has 0 atom stereocenters. The Balaban J connectivity index is 2.03. The molecule has 0 radical (unpaired) electrons. The Morgan fingerprint density at radius 2 is 2.03 bits per heavy atom. The summed E-state index contributed by atoms with van der Waals surface area (Å²) in [4.78, 5) is 24.0. The van der Waals surface area contributed by atoms with Crippen LogP contribution in [0.5, 0.6) is 0 Å². The fraction of sp³-hybridized carbons (Fsp3) is 0.440. The number of hydrogen-bond donors (Lipinski definition) is 1. The maximum Gasteiger partial charge on any atom is 0.159 e. The molecule has 0 spiro atoms. The molecule has 29 heavy (non-hydrogen) atoms. The van der Waals surface area contributed by atoms with Gasteiger partial charge in [0.05, 0.1) is 0 Å². The Hall–Kier alpha value is -2.46. The van der Waals surface area contributed by atoms with Gasteiger partial charge in [0, 0.05) is 53.2 Å². The molecular formula is C25H32N2O2. The van der Waals surface area contributed by atoms with Crippen molar-refractivity contribution < 1.29 is 9.59 Å².